The quantitative estimate of drug-likeness (QED) is 0.385. The van der Waals surface area contributed by atoms with Crippen molar-refractivity contribution in [3.8, 4) is 5.75 Å². The number of benzene rings is 2. The molecule has 2 atom stereocenters. The number of rotatable bonds is 8. The Morgan fingerprint density at radius 2 is 1.81 bits per heavy atom. The maximum Gasteiger partial charge on any atom is 0.291 e. The van der Waals surface area contributed by atoms with E-state index in [-0.39, 0.29) is 5.78 Å². The molecule has 2 unspecified atom stereocenters. The number of hydrogen-bond donors (Lipinski definition) is 1. The number of carbonyl (C=O) groups excluding carboxylic acids is 3. The molecule has 3 rings (SSSR count). The van der Waals surface area contributed by atoms with Gasteiger partial charge in [0.1, 0.15) is 11.7 Å². The molecule has 2 aromatic carbocycles. The minimum atomic E-state index is -1.09. The van der Waals surface area contributed by atoms with Crippen molar-refractivity contribution in [3.05, 3.63) is 64.2 Å². The van der Waals surface area contributed by atoms with Crippen LogP contribution in [0.15, 0.2) is 42.5 Å². The number of nitrogens with one attached hydrogen (secondary N) is 1. The van der Waals surface area contributed by atoms with E-state index in [1.807, 2.05) is 14.1 Å². The number of aryl methyl sites for hydroxylation is 1. The Bertz CT molecular complexity index is 988. The zero-order chi connectivity index (χ0) is 22.7. The molecular weight excluding hydrogens is 416 g/mol. The lowest BCUT2D eigenvalue weighted by Gasteiger charge is -2.27. The zero-order valence-corrected chi connectivity index (χ0v) is 19.0. The highest BCUT2D eigenvalue weighted by Crippen LogP contribution is 2.39. The van der Waals surface area contributed by atoms with Gasteiger partial charge < -0.3 is 14.5 Å². The van der Waals surface area contributed by atoms with Gasteiger partial charge in [0.25, 0.3) is 5.91 Å². The highest BCUT2D eigenvalue weighted by molar-refractivity contribution is 6.44. The van der Waals surface area contributed by atoms with E-state index in [0.717, 1.165) is 18.5 Å². The Hall–Kier alpha value is -2.70. The third kappa shape index (κ3) is 4.81. The Kier molecular flexibility index (Phi) is 7.13. The van der Waals surface area contributed by atoms with E-state index in [2.05, 4.69) is 0 Å². The van der Waals surface area contributed by atoms with Crippen LogP contribution in [-0.2, 0) is 9.59 Å². The summed E-state index contributed by atoms with van der Waals surface area (Å²) < 4.78 is 5.22. The molecule has 7 heteroatoms. The van der Waals surface area contributed by atoms with Crippen LogP contribution in [0, 0.1) is 12.8 Å². The van der Waals surface area contributed by atoms with Crippen molar-refractivity contribution < 1.29 is 24.0 Å². The second-order valence-corrected chi connectivity index (χ2v) is 8.63. The molecule has 1 saturated heterocycles. The summed E-state index contributed by atoms with van der Waals surface area (Å²) in [6.45, 7) is 3.06. The molecule has 0 spiro atoms. The normalized spacial score (nSPS) is 18.7. The smallest absolute Gasteiger partial charge is 0.291 e. The van der Waals surface area contributed by atoms with Gasteiger partial charge in [0, 0.05) is 23.6 Å². The molecule has 6 nitrogen and oxygen atoms in total. The lowest BCUT2D eigenvalue weighted by Crippen LogP contribution is -3.05. The summed E-state index contributed by atoms with van der Waals surface area (Å²) in [6, 6.07) is 11.4. The third-order valence-corrected chi connectivity index (χ3v) is 5.93. The predicted molar refractivity (Wildman–Crippen MR) is 119 cm³/mol. The lowest BCUT2D eigenvalue weighted by atomic mass is 9.85. The first kappa shape index (κ1) is 23.0. The van der Waals surface area contributed by atoms with E-state index in [9.17, 15) is 14.4 Å². The molecule has 31 heavy (non-hydrogen) atoms. The van der Waals surface area contributed by atoms with E-state index < -0.39 is 23.7 Å². The van der Waals surface area contributed by atoms with Crippen LogP contribution >= 0.6 is 11.6 Å². The average molecular weight is 444 g/mol. The number of carbonyl (C=O) groups is 3. The molecule has 1 aliphatic heterocycles. The topological polar surface area (TPSA) is 68.1 Å². The second-order valence-electron chi connectivity index (χ2n) is 8.19. The van der Waals surface area contributed by atoms with Crippen molar-refractivity contribution in [2.24, 2.45) is 5.92 Å². The van der Waals surface area contributed by atoms with Crippen molar-refractivity contribution in [2.75, 3.05) is 34.3 Å². The van der Waals surface area contributed by atoms with Crippen molar-refractivity contribution in [3.63, 3.8) is 0 Å². The summed E-state index contributed by atoms with van der Waals surface area (Å²) in [4.78, 5) is 42.3. The molecule has 1 amide bonds. The molecule has 2 aromatic rings. The fraction of sp³-hybridized carbons (Fsp3) is 0.375. The van der Waals surface area contributed by atoms with Gasteiger partial charge in [0.05, 0.1) is 33.8 Å². The first-order chi connectivity index (χ1) is 14.7. The average Bonchev–Trinajstić information content (AvgIpc) is 2.98. The number of ketones is 2. The fourth-order valence-corrected chi connectivity index (χ4v) is 4.20. The fourth-order valence-electron chi connectivity index (χ4n) is 4.07. The minimum absolute atomic E-state index is 0.348. The van der Waals surface area contributed by atoms with Gasteiger partial charge in [-0.2, -0.15) is 0 Å². The standard InChI is InChI=1S/C24H27ClN2O4/c1-15-14-18(31-4)10-11-19(15)22(28)20-21(16-6-8-17(25)9-7-16)27(24(30)23(20)29)13-5-12-26(2)3/h6-11,14,20-21H,5,12-13H2,1-4H3/p+1. The van der Waals surface area contributed by atoms with Gasteiger partial charge in [-0.05, 0) is 48.4 Å². The number of likely N-dealkylation sites (tertiary alicyclic amines) is 1. The summed E-state index contributed by atoms with van der Waals surface area (Å²) in [5, 5.41) is 0.552. The molecule has 0 bridgehead atoms. The molecule has 0 saturated carbocycles. The predicted octanol–water partition coefficient (Wildman–Crippen LogP) is 2.14. The van der Waals surface area contributed by atoms with E-state index in [0.29, 0.717) is 28.4 Å². The van der Waals surface area contributed by atoms with Crippen LogP contribution in [0.5, 0.6) is 5.75 Å². The number of nitrogens with zero attached hydrogens (tertiary/aromatic N) is 1. The second kappa shape index (κ2) is 9.62. The maximum absolute atomic E-state index is 13.5. The van der Waals surface area contributed by atoms with Gasteiger partial charge >= 0.3 is 0 Å². The van der Waals surface area contributed by atoms with Crippen molar-refractivity contribution in [1.82, 2.24) is 4.90 Å². The molecule has 1 heterocycles. The summed E-state index contributed by atoms with van der Waals surface area (Å²) in [7, 11) is 5.62. The number of halogens is 1. The molecule has 1 N–H and O–H groups in total. The van der Waals surface area contributed by atoms with Gasteiger partial charge in [-0.15, -0.1) is 0 Å². The molecule has 0 aliphatic carbocycles. The first-order valence-electron chi connectivity index (χ1n) is 10.3. The Labute approximate surface area is 187 Å². The van der Waals surface area contributed by atoms with Gasteiger partial charge in [-0.25, -0.2) is 0 Å². The van der Waals surface area contributed by atoms with Crippen LogP contribution in [0.4, 0.5) is 0 Å². The largest absolute Gasteiger partial charge is 0.497 e. The SMILES string of the molecule is COc1ccc(C(=O)C2C(=O)C(=O)N(CCC[NH+](C)C)C2c2ccc(Cl)cc2)c(C)c1. The molecule has 164 valence electrons. The van der Waals surface area contributed by atoms with E-state index in [1.54, 1.807) is 61.4 Å². The summed E-state index contributed by atoms with van der Waals surface area (Å²) >= 11 is 6.05. The van der Waals surface area contributed by atoms with Crippen LogP contribution in [0.25, 0.3) is 0 Å². The molecule has 0 aromatic heterocycles. The van der Waals surface area contributed by atoms with Crippen molar-refractivity contribution in [2.45, 2.75) is 19.4 Å². The number of amides is 1. The van der Waals surface area contributed by atoms with E-state index >= 15 is 0 Å². The van der Waals surface area contributed by atoms with Crippen molar-refractivity contribution in [1.29, 1.82) is 0 Å². The van der Waals surface area contributed by atoms with Crippen molar-refractivity contribution >= 4 is 29.1 Å². The Morgan fingerprint density at radius 1 is 1.13 bits per heavy atom. The molecule has 0 radical (unpaired) electrons. The number of Topliss-reactive ketones (excluding diaryl/α,β-unsaturated/α-hetero) is 2. The highest BCUT2D eigenvalue weighted by Gasteiger charge is 2.51. The van der Waals surface area contributed by atoms with Gasteiger partial charge in [-0.3, -0.25) is 14.4 Å². The number of ether oxygens (including phenoxy) is 1. The third-order valence-electron chi connectivity index (χ3n) is 5.67. The lowest BCUT2D eigenvalue weighted by molar-refractivity contribution is -0.858. The van der Waals surface area contributed by atoms with E-state index in [1.165, 1.54) is 4.90 Å². The van der Waals surface area contributed by atoms with E-state index in [4.69, 9.17) is 16.3 Å². The summed E-state index contributed by atoms with van der Waals surface area (Å²) in [5.74, 6) is -2.06. The van der Waals surface area contributed by atoms with Crippen LogP contribution in [0.2, 0.25) is 5.02 Å². The van der Waals surface area contributed by atoms with Crippen LogP contribution in [-0.4, -0.2) is 56.7 Å². The maximum atomic E-state index is 13.5. The van der Waals surface area contributed by atoms with Gasteiger partial charge in [-0.1, -0.05) is 23.7 Å². The van der Waals surface area contributed by atoms with Gasteiger partial charge in [0.2, 0.25) is 5.78 Å². The van der Waals surface area contributed by atoms with Crippen LogP contribution in [0.1, 0.15) is 33.9 Å². The first-order valence-corrected chi connectivity index (χ1v) is 10.7. The number of hydrogen-bond acceptors (Lipinski definition) is 4. The Morgan fingerprint density at radius 3 is 2.39 bits per heavy atom. The Balaban J connectivity index is 2.01. The van der Waals surface area contributed by atoms with Gasteiger partial charge in [0.15, 0.2) is 5.78 Å². The zero-order valence-electron chi connectivity index (χ0n) is 18.3. The minimum Gasteiger partial charge on any atom is -0.497 e. The highest BCUT2D eigenvalue weighted by atomic mass is 35.5. The molecular formula is C24H28ClN2O4+. The number of quaternary nitrogens is 1. The summed E-state index contributed by atoms with van der Waals surface area (Å²) in [5.41, 5.74) is 1.85. The summed E-state index contributed by atoms with van der Waals surface area (Å²) in [6.07, 6.45) is 0.730. The van der Waals surface area contributed by atoms with Crippen LogP contribution in [0.3, 0.4) is 0 Å². The monoisotopic (exact) mass is 443 g/mol. The van der Waals surface area contributed by atoms with Crippen LogP contribution < -0.4 is 9.64 Å². The molecule has 1 fully saturated rings. The number of methoxy groups -OCH3 is 1. The molecule has 1 aliphatic rings.